The molecule has 0 radical (unpaired) electrons. The Kier molecular flexibility index (Phi) is 5.61. The molecule has 1 unspecified atom stereocenters. The first kappa shape index (κ1) is 20.9. The highest BCUT2D eigenvalue weighted by molar-refractivity contribution is 7.48. The number of esters is 1. The molecule has 0 amide bonds. The number of nitrogens with one attached hydrogen (secondary N) is 1. The molecule has 28 heavy (non-hydrogen) atoms. The summed E-state index contributed by atoms with van der Waals surface area (Å²) in [6.07, 6.45) is -1.65. The second-order valence-corrected chi connectivity index (χ2v) is 8.95. The molecule has 2 aliphatic rings. The summed E-state index contributed by atoms with van der Waals surface area (Å²) in [5.41, 5.74) is -2.76. The van der Waals surface area contributed by atoms with E-state index < -0.39 is 61.5 Å². The molecule has 2 fully saturated rings. The van der Waals surface area contributed by atoms with Crippen LogP contribution in [0.25, 0.3) is 0 Å². The average Bonchev–Trinajstić information content (AvgIpc) is 2.99. The number of carbonyl (C=O) groups excluding carboxylic acids is 1. The molecule has 1 aromatic heterocycles. The fourth-order valence-electron chi connectivity index (χ4n) is 2.60. The van der Waals surface area contributed by atoms with E-state index in [4.69, 9.17) is 23.0 Å². The van der Waals surface area contributed by atoms with E-state index in [1.165, 1.54) is 0 Å². The van der Waals surface area contributed by atoms with E-state index in [9.17, 15) is 23.3 Å². The summed E-state index contributed by atoms with van der Waals surface area (Å²) < 4.78 is 52.7. The number of carbonyl (C=O) groups is 1. The minimum atomic E-state index is -4.02. The number of nitrogens with zero attached hydrogens (tertiary/aromatic N) is 1. The number of rotatable bonds is 4. The smallest absolute Gasteiger partial charge is 0.437 e. The third-order valence-corrected chi connectivity index (χ3v) is 5.51. The van der Waals surface area contributed by atoms with Crippen molar-refractivity contribution in [1.82, 2.24) is 9.55 Å². The molecule has 3 rings (SSSR count). The summed E-state index contributed by atoms with van der Waals surface area (Å²) in [5.74, 6) is -1.71. The number of H-pyrrole nitrogens is 1. The standard InChI is InChI=1S/C15H20FN2O9P/c1-15(2,3)13(20)23-7-25-28(22)24-6-10-9(27-28)4-11(26-10)18-5-8(16)12(19)17-14(18)21/h5,9-11H,4,6-7H2,1-3H3,(H,17,19,21)/t9-,10+,11+,28?/m0/s1. The highest BCUT2D eigenvalue weighted by Gasteiger charge is 2.48. The largest absolute Gasteiger partial charge is 0.478 e. The topological polar surface area (TPSA) is 135 Å². The van der Waals surface area contributed by atoms with Crippen molar-refractivity contribution in [3.63, 3.8) is 0 Å². The van der Waals surface area contributed by atoms with Gasteiger partial charge in [-0.1, -0.05) is 0 Å². The van der Waals surface area contributed by atoms with Gasteiger partial charge in [0.15, 0.2) is 0 Å². The fourth-order valence-corrected chi connectivity index (χ4v) is 3.86. The Morgan fingerprint density at radius 2 is 2.11 bits per heavy atom. The summed E-state index contributed by atoms with van der Waals surface area (Å²) >= 11 is 0. The second kappa shape index (κ2) is 7.53. The number of ether oxygens (including phenoxy) is 2. The normalized spacial score (nSPS) is 30.1. The summed E-state index contributed by atoms with van der Waals surface area (Å²) in [7, 11) is -4.02. The quantitative estimate of drug-likeness (QED) is 0.429. The predicted octanol–water partition coefficient (Wildman–Crippen LogP) is 1.05. The summed E-state index contributed by atoms with van der Waals surface area (Å²) in [6.45, 7) is 4.14. The van der Waals surface area contributed by atoms with Crippen molar-refractivity contribution in [3.8, 4) is 0 Å². The Bertz CT molecular complexity index is 921. The van der Waals surface area contributed by atoms with Gasteiger partial charge in [-0.15, -0.1) is 0 Å². The molecule has 0 saturated carbocycles. The minimum Gasteiger partial charge on any atom is -0.437 e. The molecule has 0 aliphatic carbocycles. The minimum absolute atomic E-state index is 0.0363. The van der Waals surface area contributed by atoms with Gasteiger partial charge in [0.05, 0.1) is 18.2 Å². The monoisotopic (exact) mass is 422 g/mol. The third-order valence-electron chi connectivity index (χ3n) is 4.09. The van der Waals surface area contributed by atoms with Crippen molar-refractivity contribution in [2.75, 3.05) is 13.4 Å². The highest BCUT2D eigenvalue weighted by Crippen LogP contribution is 2.56. The molecule has 1 aromatic rings. The highest BCUT2D eigenvalue weighted by atomic mass is 31.2. The molecule has 0 bridgehead atoms. The van der Waals surface area contributed by atoms with Crippen LogP contribution in [0.15, 0.2) is 15.8 Å². The van der Waals surface area contributed by atoms with Crippen LogP contribution in [0, 0.1) is 11.2 Å². The van der Waals surface area contributed by atoms with E-state index in [1.54, 1.807) is 20.8 Å². The Morgan fingerprint density at radius 3 is 2.79 bits per heavy atom. The van der Waals surface area contributed by atoms with E-state index in [1.807, 2.05) is 4.98 Å². The lowest BCUT2D eigenvalue weighted by Gasteiger charge is -2.29. The predicted molar refractivity (Wildman–Crippen MR) is 89.7 cm³/mol. The first-order valence-electron chi connectivity index (χ1n) is 8.40. The molecule has 2 saturated heterocycles. The Balaban J connectivity index is 1.62. The molecule has 4 atom stereocenters. The zero-order valence-corrected chi connectivity index (χ0v) is 16.3. The summed E-state index contributed by atoms with van der Waals surface area (Å²) in [4.78, 5) is 36.5. The molecule has 156 valence electrons. The average molecular weight is 422 g/mol. The van der Waals surface area contributed by atoms with Gasteiger partial charge in [-0.3, -0.25) is 28.2 Å². The van der Waals surface area contributed by atoms with Gasteiger partial charge < -0.3 is 9.47 Å². The first-order chi connectivity index (χ1) is 13.0. The number of phosphoric acid groups is 1. The van der Waals surface area contributed by atoms with Gasteiger partial charge in [0.1, 0.15) is 18.4 Å². The van der Waals surface area contributed by atoms with Crippen molar-refractivity contribution in [3.05, 3.63) is 32.9 Å². The zero-order valence-electron chi connectivity index (χ0n) is 15.4. The SMILES string of the molecule is CC(C)(C)C(=O)OCOP1(=O)OC[C@H]2O[C@@H](n3cc(F)c(=O)[nH]c3=O)C[C@@H]2O1. The first-order valence-corrected chi connectivity index (χ1v) is 9.86. The number of halogens is 1. The third kappa shape index (κ3) is 4.41. The number of aromatic amines is 1. The molecule has 0 aromatic carbocycles. The lowest BCUT2D eigenvalue weighted by molar-refractivity contribution is -0.161. The number of phosphoric ester groups is 1. The van der Waals surface area contributed by atoms with Gasteiger partial charge in [-0.2, -0.15) is 4.39 Å². The van der Waals surface area contributed by atoms with Gasteiger partial charge >= 0.3 is 19.5 Å². The zero-order chi connectivity index (χ0) is 20.7. The lowest BCUT2D eigenvalue weighted by atomic mass is 9.98. The van der Waals surface area contributed by atoms with Crippen molar-refractivity contribution in [2.45, 2.75) is 45.6 Å². The van der Waals surface area contributed by atoms with Crippen LogP contribution >= 0.6 is 7.82 Å². The Hall–Kier alpha value is -1.85. The number of hydrogen-bond donors (Lipinski definition) is 1. The van der Waals surface area contributed by atoms with Crippen LogP contribution in [0.4, 0.5) is 4.39 Å². The fraction of sp³-hybridized carbons (Fsp3) is 0.667. The summed E-state index contributed by atoms with van der Waals surface area (Å²) in [6, 6.07) is 0. The molecule has 0 spiro atoms. The molecule has 3 heterocycles. The van der Waals surface area contributed by atoms with Crippen molar-refractivity contribution in [2.24, 2.45) is 5.41 Å². The van der Waals surface area contributed by atoms with Crippen LogP contribution in [0.1, 0.15) is 33.4 Å². The molecule has 11 nitrogen and oxygen atoms in total. The van der Waals surface area contributed by atoms with Crippen molar-refractivity contribution >= 4 is 13.8 Å². The van der Waals surface area contributed by atoms with E-state index in [0.717, 1.165) is 10.8 Å². The lowest BCUT2D eigenvalue weighted by Crippen LogP contribution is -2.34. The maximum atomic E-state index is 13.5. The Labute approximate surface area is 158 Å². The van der Waals surface area contributed by atoms with Crippen LogP contribution in [-0.4, -0.2) is 41.1 Å². The van der Waals surface area contributed by atoms with E-state index in [-0.39, 0.29) is 13.0 Å². The van der Waals surface area contributed by atoms with Gasteiger partial charge in [0.2, 0.25) is 12.6 Å². The molecule has 1 N–H and O–H groups in total. The van der Waals surface area contributed by atoms with Crippen LogP contribution in [0.3, 0.4) is 0 Å². The van der Waals surface area contributed by atoms with Gasteiger partial charge in [0.25, 0.3) is 5.56 Å². The molecule has 13 heteroatoms. The van der Waals surface area contributed by atoms with Crippen molar-refractivity contribution in [1.29, 1.82) is 0 Å². The van der Waals surface area contributed by atoms with Crippen molar-refractivity contribution < 1.29 is 36.8 Å². The van der Waals surface area contributed by atoms with E-state index in [0.29, 0.717) is 0 Å². The summed E-state index contributed by atoms with van der Waals surface area (Å²) in [5, 5.41) is 0. The number of aromatic nitrogens is 2. The van der Waals surface area contributed by atoms with Gasteiger partial charge in [-0.25, -0.2) is 13.9 Å². The maximum absolute atomic E-state index is 13.5. The molecule has 2 aliphatic heterocycles. The van der Waals surface area contributed by atoms with Crippen LogP contribution in [-0.2, 0) is 32.4 Å². The van der Waals surface area contributed by atoms with Gasteiger partial charge in [-0.05, 0) is 20.8 Å². The molecular weight excluding hydrogens is 402 g/mol. The number of fused-ring (bicyclic) bond motifs is 1. The van der Waals surface area contributed by atoms with Gasteiger partial charge in [0, 0.05) is 6.42 Å². The van der Waals surface area contributed by atoms with E-state index in [2.05, 4.69) is 0 Å². The maximum Gasteiger partial charge on any atom is 0.478 e. The number of hydrogen-bond acceptors (Lipinski definition) is 9. The molecular formula is C15H20FN2O9P. The van der Waals surface area contributed by atoms with E-state index >= 15 is 0 Å². The van der Waals surface area contributed by atoms with Crippen LogP contribution < -0.4 is 11.2 Å². The second-order valence-electron chi connectivity index (χ2n) is 7.32. The van der Waals surface area contributed by atoms with Crippen LogP contribution in [0.5, 0.6) is 0 Å². The Morgan fingerprint density at radius 1 is 1.39 bits per heavy atom. The van der Waals surface area contributed by atoms with Crippen LogP contribution in [0.2, 0.25) is 0 Å².